The zero-order chi connectivity index (χ0) is 92.6. The fourth-order valence-electron chi connectivity index (χ4n) is 15.3. The van der Waals surface area contributed by atoms with E-state index in [1.54, 1.807) is 19.1 Å². The number of phenols is 1. The van der Waals surface area contributed by atoms with Gasteiger partial charge in [0.2, 0.25) is 6.29 Å². The van der Waals surface area contributed by atoms with Gasteiger partial charge in [-0.1, -0.05) is 277 Å². The van der Waals surface area contributed by atoms with Crippen LogP contribution in [0.2, 0.25) is 0 Å². The molecule has 1 aliphatic heterocycles. The average molecular weight is 1820 g/mol. The molecule has 14 rings (SSSR count). The highest BCUT2D eigenvalue weighted by Gasteiger charge is 2.81. The first-order chi connectivity index (χ1) is 61.2. The Kier molecular flexibility index (Phi) is 39.0. The van der Waals surface area contributed by atoms with Crippen LogP contribution in [0.1, 0.15) is 221 Å². The summed E-state index contributed by atoms with van der Waals surface area (Å²) in [6, 6.07) is 89.2. The lowest BCUT2D eigenvalue weighted by atomic mass is 9.87. The van der Waals surface area contributed by atoms with E-state index in [1.165, 1.54) is 98.7 Å². The normalized spacial score (nSPS) is 17.9. The van der Waals surface area contributed by atoms with Crippen LogP contribution in [-0.4, -0.2) is 86.6 Å². The summed E-state index contributed by atoms with van der Waals surface area (Å²) in [6.45, 7) is 22.5. The van der Waals surface area contributed by atoms with Gasteiger partial charge < -0.3 is 42.3 Å². The van der Waals surface area contributed by atoms with Gasteiger partial charge >= 0.3 is 38.5 Å². The number of rotatable bonds is 34. The number of fused-ring (bicyclic) bond motifs is 1. The predicted molar refractivity (Wildman–Crippen MR) is 490 cm³/mol. The maximum absolute atomic E-state index is 13.6. The molecule has 128 heavy (non-hydrogen) atoms. The van der Waals surface area contributed by atoms with Crippen molar-refractivity contribution in [2.45, 2.75) is 245 Å². The maximum atomic E-state index is 13.6. The van der Waals surface area contributed by atoms with E-state index in [-0.39, 0.29) is 65.6 Å². The highest BCUT2D eigenvalue weighted by molar-refractivity contribution is 7.97. The van der Waals surface area contributed by atoms with E-state index >= 15 is 0 Å². The van der Waals surface area contributed by atoms with Crippen molar-refractivity contribution in [2.24, 2.45) is 23.7 Å². The lowest BCUT2D eigenvalue weighted by Gasteiger charge is -2.32. The van der Waals surface area contributed by atoms with E-state index in [2.05, 4.69) is 242 Å². The van der Waals surface area contributed by atoms with Crippen LogP contribution in [0.25, 0.3) is 0 Å². The number of aromatic hydroxyl groups is 1. The third-order valence-electron chi connectivity index (χ3n) is 24.2. The molecule has 10 aromatic carbocycles. The van der Waals surface area contributed by atoms with E-state index < -0.39 is 48.4 Å². The molecule has 24 heteroatoms. The Bertz CT molecular complexity index is 5070. The van der Waals surface area contributed by atoms with Gasteiger partial charge in [0.05, 0.1) is 23.4 Å². The Morgan fingerprint density at radius 3 is 1.28 bits per heavy atom. The van der Waals surface area contributed by atoms with Crippen molar-refractivity contribution >= 4 is 43.1 Å². The topological polar surface area (TPSA) is 210 Å². The number of carbonyl (C=O) groups excluding carboxylic acids is 2. The molecule has 688 valence electrons. The minimum absolute atomic E-state index is 0.0146. The first-order valence-electron chi connectivity index (χ1n) is 44.3. The minimum atomic E-state index is -7.33. The van der Waals surface area contributed by atoms with Crippen LogP contribution in [-0.2, 0) is 68.0 Å². The molecule has 3 saturated carbocycles. The molecule has 11 unspecified atom stereocenters. The molecule has 3 aliphatic carbocycles. The third-order valence-corrected chi connectivity index (χ3v) is 28.6. The Hall–Kier alpha value is -10.1. The highest BCUT2D eigenvalue weighted by atomic mass is 32.2. The highest BCUT2D eigenvalue weighted by Crippen LogP contribution is 2.56. The van der Waals surface area contributed by atoms with Crippen LogP contribution in [0.5, 0.6) is 28.7 Å². The first kappa shape index (κ1) is 102. The molecule has 15 nitrogen and oxygen atoms in total. The Morgan fingerprint density at radius 1 is 0.484 bits per heavy atom. The minimum Gasteiger partial charge on any atom is -0.743 e. The van der Waals surface area contributed by atoms with Crippen LogP contribution in [0.15, 0.2) is 288 Å². The fourth-order valence-corrected chi connectivity index (χ4v) is 18.8. The zero-order valence-electron chi connectivity index (χ0n) is 74.6. The van der Waals surface area contributed by atoms with Gasteiger partial charge in [0.25, 0.3) is 0 Å². The molecule has 0 aromatic heterocycles. The molecule has 1 N–H and O–H groups in total. The molecule has 11 atom stereocenters. The molecule has 2 bridgehead atoms. The van der Waals surface area contributed by atoms with Crippen molar-refractivity contribution in [1.82, 2.24) is 0 Å². The second-order valence-corrected chi connectivity index (χ2v) is 38.1. The van der Waals surface area contributed by atoms with Gasteiger partial charge in [-0.25, -0.2) is 13.2 Å². The maximum Gasteiger partial charge on any atom is 0.450 e. The van der Waals surface area contributed by atoms with Crippen LogP contribution in [0, 0.1) is 23.7 Å². The zero-order valence-corrected chi connectivity index (χ0v) is 77.0. The predicted octanol–water partition coefficient (Wildman–Crippen LogP) is 25.9. The molecular formula is C104H122F6O15S3. The molecule has 4 fully saturated rings. The summed E-state index contributed by atoms with van der Waals surface area (Å²) in [4.78, 5) is 28.0. The van der Waals surface area contributed by atoms with Gasteiger partial charge in [-0.15, -0.1) is 0 Å². The van der Waals surface area contributed by atoms with Crippen molar-refractivity contribution in [3.63, 3.8) is 0 Å². The van der Waals surface area contributed by atoms with Crippen LogP contribution >= 0.6 is 0 Å². The summed E-state index contributed by atoms with van der Waals surface area (Å²) in [6.07, 6.45) is 15.0. The second-order valence-electron chi connectivity index (χ2n) is 33.1. The van der Waals surface area contributed by atoms with E-state index in [0.29, 0.717) is 53.8 Å². The fraction of sp³-hybridized carbons (Fsp3) is 0.404. The van der Waals surface area contributed by atoms with Crippen LogP contribution in [0.3, 0.4) is 0 Å². The average Bonchev–Trinajstić information content (AvgIpc) is 1.38. The molecule has 4 aliphatic rings. The lowest BCUT2D eigenvalue weighted by Crippen LogP contribution is -2.61. The van der Waals surface area contributed by atoms with Crippen molar-refractivity contribution in [3.05, 3.63) is 312 Å². The molecule has 1 saturated heterocycles. The Morgan fingerprint density at radius 2 is 0.867 bits per heavy atom. The van der Waals surface area contributed by atoms with Crippen molar-refractivity contribution in [2.75, 3.05) is 13.2 Å². The molecular weight excluding hydrogens is 1700 g/mol. The van der Waals surface area contributed by atoms with Gasteiger partial charge in [-0.05, 0) is 223 Å². The lowest BCUT2D eigenvalue weighted by molar-refractivity contribution is -0.247. The van der Waals surface area contributed by atoms with Crippen molar-refractivity contribution < 1.29 is 95.0 Å². The number of alkyl halides is 6. The summed E-state index contributed by atoms with van der Waals surface area (Å²) in [5.74, 6) is -2.06. The van der Waals surface area contributed by atoms with E-state index in [9.17, 15) is 57.3 Å². The van der Waals surface area contributed by atoms with Crippen LogP contribution in [0.4, 0.5) is 26.3 Å². The summed E-state index contributed by atoms with van der Waals surface area (Å²) in [7, 11) is -14.2. The summed E-state index contributed by atoms with van der Waals surface area (Å²) >= 11 is 0. The summed E-state index contributed by atoms with van der Waals surface area (Å²) in [5.41, 5.74) is 8.37. The Balaban J connectivity index is 0.000000177. The molecule has 0 spiro atoms. The smallest absolute Gasteiger partial charge is 0.450 e. The number of halogens is 6. The van der Waals surface area contributed by atoms with Crippen LogP contribution < -0.4 is 18.4 Å². The monoisotopic (exact) mass is 1820 g/mol. The quantitative estimate of drug-likeness (QED) is 0.00993. The van der Waals surface area contributed by atoms with Gasteiger partial charge in [-0.3, -0.25) is 4.79 Å². The summed E-state index contributed by atoms with van der Waals surface area (Å²) in [5, 5.41) is -4.64. The Labute approximate surface area is 755 Å². The van der Waals surface area contributed by atoms with Crippen molar-refractivity contribution in [1.29, 1.82) is 0 Å². The number of hydrogen-bond acceptors (Lipinski definition) is 15. The number of esters is 2. The number of carbonyl (C=O) groups is 2. The molecule has 0 amide bonds. The standard InChI is InChI=1S/C26H36O2.C20H24O5.C18H15S.C17H20O.C13H14F6O6S2.C10H14O/c1-3-21(2)24-14-16-25(17-15-24)28-26(20-23-12-8-5-9-13-23)27-19-18-22-10-6-4-7-11-22;1-3-11(2)12-4-6-14(7-5-12)23-10-17(21)24-18-13-8-15-16(9-13)20(22)25-19(15)18;1-4-10-16(11-5-1)19(17-12-6-2-7-13-17)18-14-8-3-9-15-18;1-3-14(2)16-9-11-17(12-10-16)18-13-15-7-5-4-6-8-15;1-3-8(2)9-4-6-10(7-5-9)25-27(23,24)13(18,19)11(14,15)12(16,17)26(20,21)22;1-3-8(2)9-4-6-10(11)7-5-9/h5,8-9,12-17,21-22,26H,3-4,6-7,10-11,18-20H2,1-2H3;4-7,11,13,15-16,18-19H,3,8-10H2,1-2H3;1-15H;4-12,14H,3,13H2,1-2H3;4-8H,3H2,1-2H3,(H,20,21,22);4-8,11H,3H2,1-2H3/q;;+1;;;/p-1. The molecule has 0 radical (unpaired) electrons. The van der Waals surface area contributed by atoms with Gasteiger partial charge in [0.1, 0.15) is 47.6 Å². The number of ether oxygens (including phenoxy) is 6. The third kappa shape index (κ3) is 28.7. The van der Waals surface area contributed by atoms with Gasteiger partial charge in [0, 0.05) is 18.3 Å². The van der Waals surface area contributed by atoms with Gasteiger partial charge in [0.15, 0.2) is 31.4 Å². The largest absolute Gasteiger partial charge is 0.743 e. The molecule has 1 heterocycles. The van der Waals surface area contributed by atoms with Gasteiger partial charge in [-0.2, -0.15) is 34.8 Å². The van der Waals surface area contributed by atoms with Crippen molar-refractivity contribution in [3.8, 4) is 28.7 Å². The first-order valence-corrected chi connectivity index (χ1v) is 48.4. The van der Waals surface area contributed by atoms with E-state index in [4.69, 9.17) is 33.5 Å². The number of phenolic OH excluding ortho intramolecular Hbond substituents is 1. The SMILES string of the molecule is CCC(C)c1ccc(O)cc1.CCC(C)c1ccc(OC(Cc2ccccc2)OCCC2CCCCC2)cc1.CCC(C)c1ccc(OCC(=O)OC2C3CC4C(=O)OC2C4C3)cc1.CCC(C)c1ccc(OCc2ccccc2)cc1.CCC(C)c1ccc(OS(=O)(=O)C(F)(F)C(F)(F)C(F)(F)S(=O)(=O)[O-])cc1.c1ccc([S+](c2ccccc2)c2ccccc2)cc1. The van der Waals surface area contributed by atoms with E-state index in [1.807, 2.05) is 61.5 Å². The number of hydrogen-bond donors (Lipinski definition) is 1. The second kappa shape index (κ2) is 49.1. The van der Waals surface area contributed by atoms with E-state index in [0.717, 1.165) is 81.1 Å². The number of benzene rings is 10. The molecule has 10 aromatic rings. The summed E-state index contributed by atoms with van der Waals surface area (Å²) < 4.78 is 172.